The Bertz CT molecular complexity index is 347. The first kappa shape index (κ1) is 11.0. The molecule has 0 fully saturated rings. The van der Waals surface area contributed by atoms with Crippen molar-refractivity contribution in [3.63, 3.8) is 0 Å². The van der Waals surface area contributed by atoms with E-state index in [4.69, 9.17) is 16.3 Å². The number of carbonyl (C=O) groups is 1. The van der Waals surface area contributed by atoms with Gasteiger partial charge in [0, 0.05) is 0 Å². The van der Waals surface area contributed by atoms with E-state index in [2.05, 4.69) is 5.10 Å². The Hall–Kier alpha value is -1.03. The summed E-state index contributed by atoms with van der Waals surface area (Å²) in [5.74, 6) is -0.297. The summed E-state index contributed by atoms with van der Waals surface area (Å²) in [5, 5.41) is 4.72. The Balaban J connectivity index is 2.77. The van der Waals surface area contributed by atoms with E-state index in [0.717, 1.165) is 11.4 Å². The summed E-state index contributed by atoms with van der Waals surface area (Å²) in [7, 11) is 0. The molecule has 0 aliphatic rings. The lowest BCUT2D eigenvalue weighted by Gasteiger charge is -2.03. The van der Waals surface area contributed by atoms with Crippen molar-refractivity contribution in [3.05, 3.63) is 16.4 Å². The van der Waals surface area contributed by atoms with Crippen LogP contribution >= 0.6 is 11.6 Å². The molecule has 1 heterocycles. The standard InChI is InChI=1S/C9H13ClN2O2/c1-4-14-8(13)5-12-7(3)9(10)6(2)11-12/h4-5H2,1-3H3. The molecule has 1 aromatic rings. The molecule has 0 saturated heterocycles. The maximum Gasteiger partial charge on any atom is 0.327 e. The van der Waals surface area contributed by atoms with Gasteiger partial charge >= 0.3 is 5.97 Å². The van der Waals surface area contributed by atoms with Crippen molar-refractivity contribution in [2.75, 3.05) is 6.61 Å². The second kappa shape index (κ2) is 4.46. The molecule has 0 N–H and O–H groups in total. The van der Waals surface area contributed by atoms with E-state index < -0.39 is 0 Å². The minimum Gasteiger partial charge on any atom is -0.465 e. The molecule has 1 aromatic heterocycles. The van der Waals surface area contributed by atoms with Crippen molar-refractivity contribution in [3.8, 4) is 0 Å². The van der Waals surface area contributed by atoms with Crippen LogP contribution < -0.4 is 0 Å². The topological polar surface area (TPSA) is 44.1 Å². The molecule has 0 radical (unpaired) electrons. The predicted molar refractivity (Wildman–Crippen MR) is 53.3 cm³/mol. The highest BCUT2D eigenvalue weighted by atomic mass is 35.5. The van der Waals surface area contributed by atoms with Gasteiger partial charge in [0.15, 0.2) is 0 Å². The summed E-state index contributed by atoms with van der Waals surface area (Å²) >= 11 is 5.92. The van der Waals surface area contributed by atoms with Crippen molar-refractivity contribution in [1.82, 2.24) is 9.78 Å². The summed E-state index contributed by atoms with van der Waals surface area (Å²) in [5.41, 5.74) is 1.52. The highest BCUT2D eigenvalue weighted by Crippen LogP contribution is 2.18. The molecule has 0 unspecified atom stereocenters. The van der Waals surface area contributed by atoms with E-state index in [0.29, 0.717) is 11.6 Å². The van der Waals surface area contributed by atoms with Crippen LogP contribution in [0.5, 0.6) is 0 Å². The normalized spacial score (nSPS) is 10.3. The molecule has 0 amide bonds. The average molecular weight is 217 g/mol. The van der Waals surface area contributed by atoms with Gasteiger partial charge in [-0.05, 0) is 20.8 Å². The zero-order chi connectivity index (χ0) is 10.7. The molecule has 1 rings (SSSR count). The van der Waals surface area contributed by atoms with Gasteiger partial charge in [0.1, 0.15) is 6.54 Å². The van der Waals surface area contributed by atoms with Gasteiger partial charge in [0.25, 0.3) is 0 Å². The monoisotopic (exact) mass is 216 g/mol. The Kier molecular flexibility index (Phi) is 3.52. The fourth-order valence-electron chi connectivity index (χ4n) is 1.16. The maximum atomic E-state index is 11.2. The number of carbonyl (C=O) groups excluding carboxylic acids is 1. The number of esters is 1. The smallest absolute Gasteiger partial charge is 0.327 e. The van der Waals surface area contributed by atoms with E-state index in [-0.39, 0.29) is 12.5 Å². The second-order valence-corrected chi connectivity index (χ2v) is 3.33. The number of nitrogens with zero attached hydrogens (tertiary/aromatic N) is 2. The van der Waals surface area contributed by atoms with Crippen LogP contribution in [0, 0.1) is 13.8 Å². The quantitative estimate of drug-likeness (QED) is 0.723. The molecule has 0 spiro atoms. The van der Waals surface area contributed by atoms with Crippen LogP contribution in [0.3, 0.4) is 0 Å². The molecule has 0 aliphatic heterocycles. The van der Waals surface area contributed by atoms with Gasteiger partial charge in [-0.1, -0.05) is 11.6 Å². The summed E-state index contributed by atoms with van der Waals surface area (Å²) in [6.07, 6.45) is 0. The van der Waals surface area contributed by atoms with Gasteiger partial charge in [0.2, 0.25) is 0 Å². The number of hydrogen-bond donors (Lipinski definition) is 0. The fourth-order valence-corrected chi connectivity index (χ4v) is 1.29. The third kappa shape index (κ3) is 2.26. The van der Waals surface area contributed by atoms with Crippen molar-refractivity contribution in [1.29, 1.82) is 0 Å². The van der Waals surface area contributed by atoms with Gasteiger partial charge in [0.05, 0.1) is 23.0 Å². The van der Waals surface area contributed by atoms with Crippen molar-refractivity contribution < 1.29 is 9.53 Å². The van der Waals surface area contributed by atoms with Gasteiger partial charge in [-0.3, -0.25) is 9.48 Å². The molecule has 0 atom stereocenters. The molecule has 78 valence electrons. The van der Waals surface area contributed by atoms with Gasteiger partial charge in [-0.15, -0.1) is 0 Å². The highest BCUT2D eigenvalue weighted by Gasteiger charge is 2.12. The number of hydrogen-bond acceptors (Lipinski definition) is 3. The third-order valence-electron chi connectivity index (χ3n) is 1.88. The Morgan fingerprint density at radius 3 is 2.64 bits per heavy atom. The number of rotatable bonds is 3. The number of aryl methyl sites for hydroxylation is 1. The predicted octanol–water partition coefficient (Wildman–Crippen LogP) is 1.72. The van der Waals surface area contributed by atoms with E-state index >= 15 is 0 Å². The Morgan fingerprint density at radius 2 is 2.21 bits per heavy atom. The Labute approximate surface area is 87.8 Å². The van der Waals surface area contributed by atoms with Crippen molar-refractivity contribution in [2.24, 2.45) is 0 Å². The lowest BCUT2D eigenvalue weighted by atomic mass is 10.4. The van der Waals surface area contributed by atoms with Crippen LogP contribution in [-0.2, 0) is 16.1 Å². The third-order valence-corrected chi connectivity index (χ3v) is 2.42. The highest BCUT2D eigenvalue weighted by molar-refractivity contribution is 6.31. The second-order valence-electron chi connectivity index (χ2n) is 2.95. The number of ether oxygens (including phenoxy) is 1. The van der Waals surface area contributed by atoms with Crippen molar-refractivity contribution in [2.45, 2.75) is 27.3 Å². The molecule has 5 heteroatoms. The molecule has 4 nitrogen and oxygen atoms in total. The first-order valence-corrected chi connectivity index (χ1v) is 4.79. The molecule has 0 saturated carbocycles. The zero-order valence-corrected chi connectivity index (χ0v) is 9.26. The number of halogens is 1. The number of aromatic nitrogens is 2. The summed E-state index contributed by atoms with van der Waals surface area (Å²) in [4.78, 5) is 11.2. The van der Waals surface area contributed by atoms with Gasteiger partial charge < -0.3 is 4.74 Å². The van der Waals surface area contributed by atoms with Crippen LogP contribution in [0.2, 0.25) is 5.02 Å². The Morgan fingerprint density at radius 1 is 1.57 bits per heavy atom. The molecule has 0 bridgehead atoms. The van der Waals surface area contributed by atoms with Crippen LogP contribution in [0.25, 0.3) is 0 Å². The molecular formula is C9H13ClN2O2. The molecule has 0 aliphatic carbocycles. The molecule has 14 heavy (non-hydrogen) atoms. The summed E-state index contributed by atoms with van der Waals surface area (Å²) in [6, 6.07) is 0. The molecule has 0 aromatic carbocycles. The van der Waals surface area contributed by atoms with Crippen LogP contribution in [0.4, 0.5) is 0 Å². The largest absolute Gasteiger partial charge is 0.465 e. The lowest BCUT2D eigenvalue weighted by molar-refractivity contribution is -0.144. The average Bonchev–Trinajstić information content (AvgIpc) is 2.34. The van der Waals surface area contributed by atoms with E-state index in [1.807, 2.05) is 6.92 Å². The molecular weight excluding hydrogens is 204 g/mol. The lowest BCUT2D eigenvalue weighted by Crippen LogP contribution is -2.15. The minimum atomic E-state index is -0.297. The van der Waals surface area contributed by atoms with E-state index in [9.17, 15) is 4.79 Å². The summed E-state index contributed by atoms with van der Waals surface area (Å²) in [6.45, 7) is 5.89. The van der Waals surface area contributed by atoms with Crippen molar-refractivity contribution >= 4 is 17.6 Å². The fraction of sp³-hybridized carbons (Fsp3) is 0.556. The SMILES string of the molecule is CCOC(=O)Cn1nc(C)c(Cl)c1C. The van der Waals surface area contributed by atoms with E-state index in [1.54, 1.807) is 18.5 Å². The zero-order valence-electron chi connectivity index (χ0n) is 8.50. The first-order chi connectivity index (χ1) is 6.56. The van der Waals surface area contributed by atoms with Gasteiger partial charge in [-0.25, -0.2) is 0 Å². The maximum absolute atomic E-state index is 11.2. The van der Waals surface area contributed by atoms with Crippen LogP contribution in [0.1, 0.15) is 18.3 Å². The summed E-state index contributed by atoms with van der Waals surface area (Å²) < 4.78 is 6.36. The van der Waals surface area contributed by atoms with Crippen LogP contribution in [0.15, 0.2) is 0 Å². The van der Waals surface area contributed by atoms with Gasteiger partial charge in [-0.2, -0.15) is 5.10 Å². The van der Waals surface area contributed by atoms with Crippen LogP contribution in [-0.4, -0.2) is 22.4 Å². The van der Waals surface area contributed by atoms with E-state index in [1.165, 1.54) is 0 Å². The first-order valence-electron chi connectivity index (χ1n) is 4.41. The minimum absolute atomic E-state index is 0.118.